The zero-order valence-corrected chi connectivity index (χ0v) is 17.4. The SMILES string of the molecule is CCOC(=O)COc1cc(Br)c(C=C2C(=O)N(C)C(=O)N(C)C2=O)cc1OC. The van der Waals surface area contributed by atoms with Crippen molar-refractivity contribution in [3.63, 3.8) is 0 Å². The van der Waals surface area contributed by atoms with Crippen molar-refractivity contribution in [1.29, 1.82) is 0 Å². The highest BCUT2D eigenvalue weighted by Gasteiger charge is 2.37. The molecule has 0 spiro atoms. The van der Waals surface area contributed by atoms with Crippen molar-refractivity contribution in [2.45, 2.75) is 6.92 Å². The molecule has 0 N–H and O–H groups in total. The van der Waals surface area contributed by atoms with Gasteiger partial charge in [0.1, 0.15) is 5.57 Å². The Morgan fingerprint density at radius 3 is 2.25 bits per heavy atom. The number of methoxy groups -OCH3 is 1. The molecule has 28 heavy (non-hydrogen) atoms. The van der Waals surface area contributed by atoms with Crippen molar-refractivity contribution in [2.24, 2.45) is 0 Å². The molecule has 150 valence electrons. The Kier molecular flexibility index (Phi) is 6.79. The Morgan fingerprint density at radius 2 is 1.71 bits per heavy atom. The van der Waals surface area contributed by atoms with Crippen LogP contribution in [0.4, 0.5) is 4.79 Å². The van der Waals surface area contributed by atoms with Gasteiger partial charge in [0.2, 0.25) is 0 Å². The van der Waals surface area contributed by atoms with Crippen LogP contribution in [0, 0.1) is 0 Å². The van der Waals surface area contributed by atoms with Crippen LogP contribution in [0.1, 0.15) is 12.5 Å². The summed E-state index contributed by atoms with van der Waals surface area (Å²) in [5.74, 6) is -1.38. The van der Waals surface area contributed by atoms with E-state index in [4.69, 9.17) is 14.2 Å². The Balaban J connectivity index is 2.37. The Labute approximate surface area is 169 Å². The number of likely N-dealkylation sites (N-methyl/N-ethyl adjacent to an activating group) is 2. The van der Waals surface area contributed by atoms with Crippen molar-refractivity contribution >= 4 is 45.8 Å². The van der Waals surface area contributed by atoms with Gasteiger partial charge in [-0.15, -0.1) is 0 Å². The van der Waals surface area contributed by atoms with Crippen LogP contribution in [0.15, 0.2) is 22.2 Å². The molecule has 9 nitrogen and oxygen atoms in total. The molecule has 1 saturated heterocycles. The van der Waals surface area contributed by atoms with Gasteiger partial charge in [-0.05, 0) is 30.7 Å². The Morgan fingerprint density at radius 1 is 1.11 bits per heavy atom. The number of halogens is 1. The highest BCUT2D eigenvalue weighted by atomic mass is 79.9. The molecule has 0 saturated carbocycles. The fourth-order valence-corrected chi connectivity index (χ4v) is 2.84. The second-order valence-electron chi connectivity index (χ2n) is 5.69. The van der Waals surface area contributed by atoms with Crippen LogP contribution in [0.5, 0.6) is 11.5 Å². The van der Waals surface area contributed by atoms with Gasteiger partial charge in [-0.2, -0.15) is 0 Å². The summed E-state index contributed by atoms with van der Waals surface area (Å²) in [5.41, 5.74) is 0.278. The van der Waals surface area contributed by atoms with E-state index in [-0.39, 0.29) is 30.3 Å². The van der Waals surface area contributed by atoms with Crippen molar-refractivity contribution in [3.8, 4) is 11.5 Å². The second kappa shape index (κ2) is 8.87. The van der Waals surface area contributed by atoms with Gasteiger partial charge in [0.15, 0.2) is 18.1 Å². The van der Waals surface area contributed by atoms with Crippen molar-refractivity contribution in [1.82, 2.24) is 9.80 Å². The van der Waals surface area contributed by atoms with E-state index < -0.39 is 23.8 Å². The maximum Gasteiger partial charge on any atom is 0.344 e. The molecular formula is C18H19BrN2O7. The molecule has 1 aromatic carbocycles. The lowest BCUT2D eigenvalue weighted by molar-refractivity contribution is -0.145. The van der Waals surface area contributed by atoms with E-state index in [9.17, 15) is 19.2 Å². The van der Waals surface area contributed by atoms with Crippen LogP contribution in [-0.4, -0.2) is 68.0 Å². The van der Waals surface area contributed by atoms with E-state index in [1.165, 1.54) is 33.3 Å². The first kappa shape index (κ1) is 21.4. The number of imide groups is 2. The van der Waals surface area contributed by atoms with E-state index >= 15 is 0 Å². The minimum atomic E-state index is -0.707. The quantitative estimate of drug-likeness (QED) is 0.367. The topological polar surface area (TPSA) is 102 Å². The van der Waals surface area contributed by atoms with E-state index in [2.05, 4.69) is 15.9 Å². The Hall–Kier alpha value is -2.88. The van der Waals surface area contributed by atoms with Crippen molar-refractivity contribution < 1.29 is 33.4 Å². The number of nitrogens with zero attached hydrogens (tertiary/aromatic N) is 2. The average Bonchev–Trinajstić information content (AvgIpc) is 2.67. The number of hydrogen-bond donors (Lipinski definition) is 0. The van der Waals surface area contributed by atoms with Gasteiger partial charge >= 0.3 is 12.0 Å². The van der Waals surface area contributed by atoms with Crippen LogP contribution in [0.25, 0.3) is 6.08 Å². The van der Waals surface area contributed by atoms with Gasteiger partial charge in [0, 0.05) is 18.6 Å². The van der Waals surface area contributed by atoms with E-state index in [1.807, 2.05) is 0 Å². The molecule has 1 aliphatic rings. The molecule has 0 radical (unpaired) electrons. The predicted octanol–water partition coefficient (Wildman–Crippen LogP) is 1.83. The first-order valence-corrected chi connectivity index (χ1v) is 8.98. The second-order valence-corrected chi connectivity index (χ2v) is 6.54. The molecule has 10 heteroatoms. The number of esters is 1. The molecule has 1 aromatic rings. The molecular weight excluding hydrogens is 436 g/mol. The molecule has 0 aliphatic carbocycles. The molecule has 1 aliphatic heterocycles. The molecule has 2 rings (SSSR count). The summed E-state index contributed by atoms with van der Waals surface area (Å²) in [6.45, 7) is 1.63. The predicted molar refractivity (Wildman–Crippen MR) is 102 cm³/mol. The third-order valence-corrected chi connectivity index (χ3v) is 4.56. The molecule has 1 fully saturated rings. The summed E-state index contributed by atoms with van der Waals surface area (Å²) in [6.07, 6.45) is 1.35. The van der Waals surface area contributed by atoms with Gasteiger partial charge in [0.05, 0.1) is 13.7 Å². The molecule has 4 amide bonds. The third kappa shape index (κ3) is 4.33. The summed E-state index contributed by atoms with van der Waals surface area (Å²) < 4.78 is 16.0. The molecule has 0 bridgehead atoms. The van der Waals surface area contributed by atoms with Gasteiger partial charge in [0.25, 0.3) is 11.8 Å². The van der Waals surface area contributed by atoms with Crippen LogP contribution < -0.4 is 9.47 Å². The van der Waals surface area contributed by atoms with Crippen LogP contribution in [0.2, 0.25) is 0 Å². The monoisotopic (exact) mass is 454 g/mol. The van der Waals surface area contributed by atoms with Gasteiger partial charge in [-0.1, -0.05) is 15.9 Å². The van der Waals surface area contributed by atoms with Gasteiger partial charge in [-0.25, -0.2) is 9.59 Å². The highest BCUT2D eigenvalue weighted by molar-refractivity contribution is 9.10. The smallest absolute Gasteiger partial charge is 0.344 e. The largest absolute Gasteiger partial charge is 0.493 e. The number of barbiturate groups is 1. The van der Waals surface area contributed by atoms with Crippen LogP contribution >= 0.6 is 15.9 Å². The van der Waals surface area contributed by atoms with Crippen LogP contribution in [0.3, 0.4) is 0 Å². The number of urea groups is 1. The molecule has 0 unspecified atom stereocenters. The number of rotatable bonds is 6. The lowest BCUT2D eigenvalue weighted by Crippen LogP contribution is -2.52. The normalized spacial score (nSPS) is 14.3. The van der Waals surface area contributed by atoms with E-state index in [1.54, 1.807) is 13.0 Å². The van der Waals surface area contributed by atoms with E-state index in [0.717, 1.165) is 9.80 Å². The van der Waals surface area contributed by atoms with Gasteiger partial charge < -0.3 is 14.2 Å². The first-order valence-electron chi connectivity index (χ1n) is 8.19. The lowest BCUT2D eigenvalue weighted by Gasteiger charge is -2.29. The Bertz CT molecular complexity index is 840. The minimum absolute atomic E-state index is 0.174. The average molecular weight is 455 g/mol. The fraction of sp³-hybridized carbons (Fsp3) is 0.333. The zero-order valence-electron chi connectivity index (χ0n) is 15.8. The van der Waals surface area contributed by atoms with Gasteiger partial charge in [-0.3, -0.25) is 19.4 Å². The fourth-order valence-electron chi connectivity index (χ4n) is 2.40. The molecule has 1 heterocycles. The molecule has 0 aromatic heterocycles. The summed E-state index contributed by atoms with van der Waals surface area (Å²) in [4.78, 5) is 49.7. The van der Waals surface area contributed by atoms with E-state index in [0.29, 0.717) is 10.0 Å². The van der Waals surface area contributed by atoms with Crippen molar-refractivity contribution in [2.75, 3.05) is 34.4 Å². The maximum atomic E-state index is 12.3. The standard InChI is InChI=1S/C18H19BrN2O7/c1-5-27-15(22)9-28-14-8-12(19)10(7-13(14)26-4)6-11-16(23)20(2)18(25)21(3)17(11)24/h6-8H,5,9H2,1-4H3. The third-order valence-electron chi connectivity index (χ3n) is 3.88. The molecule has 0 atom stereocenters. The minimum Gasteiger partial charge on any atom is -0.493 e. The number of benzene rings is 1. The lowest BCUT2D eigenvalue weighted by atomic mass is 10.1. The highest BCUT2D eigenvalue weighted by Crippen LogP contribution is 2.35. The summed E-state index contributed by atoms with van der Waals surface area (Å²) in [6, 6.07) is 2.38. The van der Waals surface area contributed by atoms with Crippen LogP contribution in [-0.2, 0) is 19.1 Å². The maximum absolute atomic E-state index is 12.3. The summed E-state index contributed by atoms with van der Waals surface area (Å²) >= 11 is 3.34. The number of amides is 4. The number of carbonyl (C=O) groups excluding carboxylic acids is 4. The number of hydrogen-bond acceptors (Lipinski definition) is 7. The summed E-state index contributed by atoms with van der Waals surface area (Å²) in [7, 11) is 4.00. The first-order chi connectivity index (χ1) is 13.2. The van der Waals surface area contributed by atoms with Crippen molar-refractivity contribution in [3.05, 3.63) is 27.7 Å². The number of ether oxygens (including phenoxy) is 3. The summed E-state index contributed by atoms with van der Waals surface area (Å²) in [5, 5.41) is 0. The number of carbonyl (C=O) groups is 4. The zero-order chi connectivity index (χ0) is 21.0.